The highest BCUT2D eigenvalue weighted by Crippen LogP contribution is 2.39. The number of alkyl halides is 1. The molecule has 0 aliphatic heterocycles. The third kappa shape index (κ3) is 3.88. The van der Waals surface area contributed by atoms with E-state index >= 15 is 0 Å². The van der Waals surface area contributed by atoms with Crippen LogP contribution >= 0.6 is 11.6 Å². The van der Waals surface area contributed by atoms with E-state index < -0.39 is 0 Å². The van der Waals surface area contributed by atoms with Gasteiger partial charge in [-0.05, 0) is 37.0 Å². The monoisotopic (exact) mass is 272 g/mol. The molecule has 0 N–H and O–H groups in total. The summed E-state index contributed by atoms with van der Waals surface area (Å²) in [7, 11) is 1.59. The van der Waals surface area contributed by atoms with Crippen LogP contribution in [0.5, 0.6) is 5.75 Å². The zero-order valence-electron chi connectivity index (χ0n) is 11.4. The zero-order chi connectivity index (χ0) is 13.5. The molecule has 0 radical (unpaired) electrons. The van der Waals surface area contributed by atoms with Gasteiger partial charge in [0.05, 0.1) is 12.5 Å². The predicted octanol–water partition coefficient (Wildman–Crippen LogP) is 5.33. The molecule has 0 aliphatic carbocycles. The highest BCUT2D eigenvalue weighted by atomic mass is 35.5. The average Bonchev–Trinajstić information content (AvgIpc) is 2.37. The van der Waals surface area contributed by atoms with Crippen molar-refractivity contribution in [3.05, 3.63) is 29.6 Å². The van der Waals surface area contributed by atoms with Gasteiger partial charge in [-0.1, -0.05) is 26.7 Å². The van der Waals surface area contributed by atoms with E-state index in [0.717, 1.165) is 31.2 Å². The van der Waals surface area contributed by atoms with Gasteiger partial charge in [0, 0.05) is 5.56 Å². The minimum Gasteiger partial charge on any atom is -0.496 e. The third-order valence-electron chi connectivity index (χ3n) is 3.22. The first-order chi connectivity index (χ1) is 8.63. The summed E-state index contributed by atoms with van der Waals surface area (Å²) in [6, 6.07) is 4.55. The van der Waals surface area contributed by atoms with Crippen molar-refractivity contribution in [1.29, 1.82) is 0 Å². The van der Waals surface area contributed by atoms with Gasteiger partial charge in [0.15, 0.2) is 0 Å². The normalized spacial score (nSPS) is 12.8. The van der Waals surface area contributed by atoms with Crippen molar-refractivity contribution in [3.8, 4) is 5.75 Å². The number of hydrogen-bond donors (Lipinski definition) is 0. The molecule has 1 aromatic rings. The number of methoxy groups -OCH3 is 1. The first-order valence-corrected chi connectivity index (χ1v) is 7.05. The Hall–Kier alpha value is -0.760. The number of rotatable bonds is 7. The lowest BCUT2D eigenvalue weighted by molar-refractivity contribution is 0.386. The molecule has 0 fully saturated rings. The molecule has 0 aliphatic rings. The second-order valence-corrected chi connectivity index (χ2v) is 5.10. The van der Waals surface area contributed by atoms with Crippen LogP contribution in [0.2, 0.25) is 0 Å². The molecule has 0 amide bonds. The van der Waals surface area contributed by atoms with Crippen molar-refractivity contribution in [2.45, 2.75) is 44.9 Å². The van der Waals surface area contributed by atoms with Gasteiger partial charge >= 0.3 is 0 Å². The smallest absolute Gasteiger partial charge is 0.123 e. The second-order valence-electron chi connectivity index (χ2n) is 4.63. The van der Waals surface area contributed by atoms with Crippen LogP contribution < -0.4 is 4.74 Å². The summed E-state index contributed by atoms with van der Waals surface area (Å²) in [5.74, 6) is 0.786. The van der Waals surface area contributed by atoms with Crippen molar-refractivity contribution in [1.82, 2.24) is 0 Å². The van der Waals surface area contributed by atoms with E-state index in [9.17, 15) is 4.39 Å². The van der Waals surface area contributed by atoms with Gasteiger partial charge in [0.2, 0.25) is 0 Å². The highest BCUT2D eigenvalue weighted by Gasteiger charge is 2.23. The molecule has 0 heterocycles. The van der Waals surface area contributed by atoms with Crippen molar-refractivity contribution < 1.29 is 9.13 Å². The third-order valence-corrected chi connectivity index (χ3v) is 3.81. The number of halogens is 2. The van der Waals surface area contributed by atoms with Crippen LogP contribution in [-0.2, 0) is 0 Å². The summed E-state index contributed by atoms with van der Waals surface area (Å²) in [5.41, 5.74) is 0.770. The Morgan fingerprint density at radius 2 is 1.83 bits per heavy atom. The summed E-state index contributed by atoms with van der Waals surface area (Å²) in [5, 5.41) is -0.185. The van der Waals surface area contributed by atoms with Gasteiger partial charge in [-0.3, -0.25) is 0 Å². The van der Waals surface area contributed by atoms with Crippen molar-refractivity contribution in [2.75, 3.05) is 7.11 Å². The summed E-state index contributed by atoms with van der Waals surface area (Å²) >= 11 is 6.54. The summed E-state index contributed by atoms with van der Waals surface area (Å²) in [6.07, 6.45) is 4.29. The molecule has 0 aromatic heterocycles. The molecule has 0 saturated carbocycles. The standard InChI is InChI=1S/C15H22ClFO/c1-4-6-11(7-5-2)15(16)13-10-12(17)8-9-14(13)18-3/h8-11,15H,4-7H2,1-3H3. The van der Waals surface area contributed by atoms with Gasteiger partial charge in [-0.2, -0.15) is 0 Å². The SMILES string of the molecule is CCCC(CCC)C(Cl)c1cc(F)ccc1OC. The first-order valence-electron chi connectivity index (χ1n) is 6.61. The van der Waals surface area contributed by atoms with E-state index in [0.29, 0.717) is 11.7 Å². The molecule has 3 heteroatoms. The quantitative estimate of drug-likeness (QED) is 0.610. The van der Waals surface area contributed by atoms with Gasteiger partial charge in [0.25, 0.3) is 0 Å². The van der Waals surface area contributed by atoms with Crippen LogP contribution in [-0.4, -0.2) is 7.11 Å². The minimum atomic E-state index is -0.261. The predicted molar refractivity (Wildman–Crippen MR) is 74.9 cm³/mol. The van der Waals surface area contributed by atoms with Gasteiger partial charge in [-0.25, -0.2) is 4.39 Å². The van der Waals surface area contributed by atoms with Crippen molar-refractivity contribution in [3.63, 3.8) is 0 Å². The van der Waals surface area contributed by atoms with Crippen molar-refractivity contribution >= 4 is 11.6 Å². The Morgan fingerprint density at radius 3 is 2.33 bits per heavy atom. The average molecular weight is 273 g/mol. The molecular formula is C15H22ClFO. The van der Waals surface area contributed by atoms with E-state index in [1.54, 1.807) is 13.2 Å². The van der Waals surface area contributed by atoms with E-state index in [2.05, 4.69) is 13.8 Å². The lowest BCUT2D eigenvalue weighted by Gasteiger charge is -2.23. The fourth-order valence-electron chi connectivity index (χ4n) is 2.35. The molecule has 1 atom stereocenters. The molecule has 102 valence electrons. The molecule has 1 unspecified atom stereocenters. The molecule has 1 aromatic carbocycles. The number of ether oxygens (including phenoxy) is 1. The maximum absolute atomic E-state index is 13.4. The van der Waals surface area contributed by atoms with E-state index in [-0.39, 0.29) is 11.2 Å². The van der Waals surface area contributed by atoms with Gasteiger partial charge < -0.3 is 4.74 Å². The number of benzene rings is 1. The Kier molecular flexibility index (Phi) is 6.48. The molecule has 18 heavy (non-hydrogen) atoms. The lowest BCUT2D eigenvalue weighted by atomic mass is 9.90. The van der Waals surface area contributed by atoms with E-state index in [1.807, 2.05) is 0 Å². The highest BCUT2D eigenvalue weighted by molar-refractivity contribution is 6.21. The van der Waals surface area contributed by atoms with Gasteiger partial charge in [-0.15, -0.1) is 11.6 Å². The maximum Gasteiger partial charge on any atom is 0.123 e. The Labute approximate surface area is 114 Å². The topological polar surface area (TPSA) is 9.23 Å². The molecular weight excluding hydrogens is 251 g/mol. The molecule has 0 spiro atoms. The Bertz CT molecular complexity index is 362. The Morgan fingerprint density at radius 1 is 1.22 bits per heavy atom. The summed E-state index contributed by atoms with van der Waals surface area (Å²) in [6.45, 7) is 4.30. The van der Waals surface area contributed by atoms with E-state index in [1.165, 1.54) is 12.1 Å². The van der Waals surface area contributed by atoms with E-state index in [4.69, 9.17) is 16.3 Å². The van der Waals surface area contributed by atoms with Crippen LogP contribution in [0.3, 0.4) is 0 Å². The summed E-state index contributed by atoms with van der Waals surface area (Å²) in [4.78, 5) is 0. The van der Waals surface area contributed by atoms with Crippen LogP contribution in [0, 0.1) is 11.7 Å². The first kappa shape index (κ1) is 15.3. The molecule has 1 nitrogen and oxygen atoms in total. The maximum atomic E-state index is 13.4. The van der Waals surface area contributed by atoms with Crippen LogP contribution in [0.25, 0.3) is 0 Å². The number of hydrogen-bond acceptors (Lipinski definition) is 1. The van der Waals surface area contributed by atoms with Crippen LogP contribution in [0.15, 0.2) is 18.2 Å². The van der Waals surface area contributed by atoms with Gasteiger partial charge in [0.1, 0.15) is 11.6 Å². The fourth-order valence-corrected chi connectivity index (χ4v) is 2.78. The molecule has 0 bridgehead atoms. The van der Waals surface area contributed by atoms with Crippen molar-refractivity contribution in [2.24, 2.45) is 5.92 Å². The zero-order valence-corrected chi connectivity index (χ0v) is 12.1. The summed E-state index contributed by atoms with van der Waals surface area (Å²) < 4.78 is 18.6. The Balaban J connectivity index is 2.98. The fraction of sp³-hybridized carbons (Fsp3) is 0.600. The lowest BCUT2D eigenvalue weighted by Crippen LogP contribution is -2.09. The molecule has 1 rings (SSSR count). The largest absolute Gasteiger partial charge is 0.496 e. The van der Waals surface area contributed by atoms with Crippen LogP contribution in [0.4, 0.5) is 4.39 Å². The second kappa shape index (κ2) is 7.63. The van der Waals surface area contributed by atoms with Crippen LogP contribution in [0.1, 0.15) is 50.5 Å². The minimum absolute atomic E-state index is 0.185. The molecule has 0 saturated heterocycles.